The zero-order valence-electron chi connectivity index (χ0n) is 12.5. The van der Waals surface area contributed by atoms with Gasteiger partial charge in [0, 0.05) is 37.0 Å². The average molecular weight is 311 g/mol. The molecule has 1 rings (SSSR count). The molecule has 0 amide bonds. The number of rotatable bonds is 6. The van der Waals surface area contributed by atoms with Crippen molar-refractivity contribution in [1.29, 1.82) is 0 Å². The first-order valence-corrected chi connectivity index (χ1v) is 8.06. The van der Waals surface area contributed by atoms with Gasteiger partial charge in [-0.25, -0.2) is 13.1 Å². The van der Waals surface area contributed by atoms with Crippen molar-refractivity contribution in [3.63, 3.8) is 0 Å². The molecule has 1 heterocycles. The first-order chi connectivity index (χ1) is 9.86. The number of aliphatic hydroxyl groups excluding tert-OH is 1. The molecule has 21 heavy (non-hydrogen) atoms. The zero-order valence-corrected chi connectivity index (χ0v) is 13.3. The Balaban J connectivity index is 2.84. The topological polar surface area (TPSA) is 82.5 Å². The van der Waals surface area contributed by atoms with E-state index in [0.717, 1.165) is 0 Å². The number of hydrogen-bond donors (Lipinski definition) is 2. The quantitative estimate of drug-likeness (QED) is 0.725. The van der Waals surface area contributed by atoms with Crippen molar-refractivity contribution < 1.29 is 13.5 Å². The first-order valence-electron chi connectivity index (χ1n) is 6.57. The van der Waals surface area contributed by atoms with Crippen LogP contribution in [0, 0.1) is 11.8 Å². The average Bonchev–Trinajstić information content (AvgIpc) is 2.45. The van der Waals surface area contributed by atoms with Crippen LogP contribution >= 0.6 is 0 Å². The molecule has 1 unspecified atom stereocenters. The summed E-state index contributed by atoms with van der Waals surface area (Å²) in [6, 6.07) is 1.56. The van der Waals surface area contributed by atoms with Crippen LogP contribution < -0.4 is 4.72 Å². The van der Waals surface area contributed by atoms with Crippen molar-refractivity contribution in [2.75, 3.05) is 27.2 Å². The molecule has 0 aliphatic rings. The third-order valence-electron chi connectivity index (χ3n) is 2.94. The van der Waals surface area contributed by atoms with E-state index >= 15 is 0 Å². The molecule has 0 saturated heterocycles. The van der Waals surface area contributed by atoms with E-state index in [0.29, 0.717) is 18.5 Å². The summed E-state index contributed by atoms with van der Waals surface area (Å²) in [7, 11) is 0.175. The number of pyridine rings is 1. The highest BCUT2D eigenvalue weighted by Gasteiger charge is 2.16. The number of aromatic nitrogens is 1. The van der Waals surface area contributed by atoms with E-state index in [2.05, 4.69) is 21.5 Å². The van der Waals surface area contributed by atoms with Gasteiger partial charge in [-0.3, -0.25) is 4.98 Å². The van der Waals surface area contributed by atoms with E-state index in [4.69, 9.17) is 5.11 Å². The lowest BCUT2D eigenvalue weighted by atomic mass is 10.3. The molecule has 2 N–H and O–H groups in total. The lowest BCUT2D eigenvalue weighted by molar-refractivity contribution is 0.305. The Kier molecular flexibility index (Phi) is 6.78. The summed E-state index contributed by atoms with van der Waals surface area (Å²) in [5.41, 5.74) is 0.506. The normalized spacial score (nSPS) is 12.8. The van der Waals surface area contributed by atoms with Crippen LogP contribution in [-0.2, 0) is 10.0 Å². The number of aliphatic hydroxyl groups is 1. The Morgan fingerprint density at radius 2 is 2.14 bits per heavy atom. The zero-order chi connectivity index (χ0) is 15.9. The lowest BCUT2D eigenvalue weighted by Gasteiger charge is -2.19. The van der Waals surface area contributed by atoms with Crippen molar-refractivity contribution in [2.45, 2.75) is 24.3 Å². The predicted molar refractivity (Wildman–Crippen MR) is 81.2 cm³/mol. The molecule has 116 valence electrons. The van der Waals surface area contributed by atoms with Crippen LogP contribution in [0.2, 0.25) is 0 Å². The Morgan fingerprint density at radius 1 is 1.43 bits per heavy atom. The van der Waals surface area contributed by atoms with Crippen LogP contribution in [0.3, 0.4) is 0 Å². The van der Waals surface area contributed by atoms with E-state index < -0.39 is 10.0 Å². The monoisotopic (exact) mass is 311 g/mol. The van der Waals surface area contributed by atoms with Crippen LogP contribution in [0.4, 0.5) is 0 Å². The molecule has 6 nitrogen and oxygen atoms in total. The third kappa shape index (κ3) is 5.81. The summed E-state index contributed by atoms with van der Waals surface area (Å²) in [5.74, 6) is 5.50. The molecule has 1 atom stereocenters. The van der Waals surface area contributed by atoms with Crippen molar-refractivity contribution in [2.24, 2.45) is 0 Å². The molecule has 0 aromatic carbocycles. The van der Waals surface area contributed by atoms with Crippen LogP contribution in [0.5, 0.6) is 0 Å². The van der Waals surface area contributed by atoms with E-state index in [9.17, 15) is 8.42 Å². The molecule has 0 radical (unpaired) electrons. The highest BCUT2D eigenvalue weighted by molar-refractivity contribution is 7.89. The molecule has 0 aliphatic heterocycles. The predicted octanol–water partition coefficient (Wildman–Crippen LogP) is 0.0439. The highest BCUT2D eigenvalue weighted by Crippen LogP contribution is 2.09. The molecular formula is C14H21N3O3S. The summed E-state index contributed by atoms with van der Waals surface area (Å²) in [4.78, 5) is 5.91. The third-order valence-corrected chi connectivity index (χ3v) is 4.33. The summed E-state index contributed by atoms with van der Waals surface area (Å²) in [6.45, 7) is 2.22. The maximum absolute atomic E-state index is 12.2. The maximum Gasteiger partial charge on any atom is 0.242 e. The van der Waals surface area contributed by atoms with Crippen molar-refractivity contribution in [1.82, 2.24) is 14.6 Å². The summed E-state index contributed by atoms with van der Waals surface area (Å²) in [6.07, 6.45) is 3.13. The Labute approximate surface area is 126 Å². The standard InChI is InChI=1S/C14H21N3O3S/c1-12(17(2)3)9-16-21(19,20)14-8-13(10-15-11-14)6-4-5-7-18/h8,10-12,16,18H,5,7,9H2,1-3H3. The highest BCUT2D eigenvalue weighted by atomic mass is 32.2. The van der Waals surface area contributed by atoms with Gasteiger partial charge in [-0.2, -0.15) is 0 Å². The van der Waals surface area contributed by atoms with Crippen LogP contribution in [0.1, 0.15) is 18.9 Å². The minimum atomic E-state index is -3.60. The maximum atomic E-state index is 12.2. The fraction of sp³-hybridized carbons (Fsp3) is 0.500. The number of sulfonamides is 1. The Hall–Kier alpha value is -1.46. The SMILES string of the molecule is CC(CNS(=O)(=O)c1cncc(C#CCCO)c1)N(C)C. The number of hydrogen-bond acceptors (Lipinski definition) is 5. The number of nitrogens with one attached hydrogen (secondary N) is 1. The van der Waals surface area contributed by atoms with E-state index in [-0.39, 0.29) is 17.5 Å². The van der Waals surface area contributed by atoms with Gasteiger partial charge in [0.1, 0.15) is 4.90 Å². The minimum absolute atomic E-state index is 0.0254. The van der Waals surface area contributed by atoms with Gasteiger partial charge < -0.3 is 10.0 Å². The molecule has 1 aromatic heterocycles. The smallest absolute Gasteiger partial charge is 0.242 e. The Morgan fingerprint density at radius 3 is 2.76 bits per heavy atom. The molecule has 0 bridgehead atoms. The van der Waals surface area contributed by atoms with Crippen molar-refractivity contribution >= 4 is 10.0 Å². The molecule has 0 spiro atoms. The fourth-order valence-electron chi connectivity index (χ4n) is 1.35. The second kappa shape index (κ2) is 8.10. The van der Waals surface area contributed by atoms with Crippen LogP contribution in [0.25, 0.3) is 0 Å². The minimum Gasteiger partial charge on any atom is -0.395 e. The Bertz CT molecular complexity index is 618. The van der Waals surface area contributed by atoms with Gasteiger partial charge in [0.25, 0.3) is 0 Å². The number of likely N-dealkylation sites (N-methyl/N-ethyl adjacent to an activating group) is 1. The number of nitrogens with zero attached hydrogens (tertiary/aromatic N) is 2. The van der Waals surface area contributed by atoms with Gasteiger partial charge >= 0.3 is 0 Å². The largest absolute Gasteiger partial charge is 0.395 e. The first kappa shape index (κ1) is 17.6. The van der Waals surface area contributed by atoms with E-state index in [1.807, 2.05) is 25.9 Å². The molecule has 0 aliphatic carbocycles. The van der Waals surface area contributed by atoms with Gasteiger partial charge in [-0.15, -0.1) is 0 Å². The second-order valence-corrected chi connectivity index (χ2v) is 6.62. The van der Waals surface area contributed by atoms with E-state index in [1.165, 1.54) is 18.5 Å². The van der Waals surface area contributed by atoms with Crippen molar-refractivity contribution in [3.05, 3.63) is 24.0 Å². The van der Waals surface area contributed by atoms with Gasteiger partial charge in [0.2, 0.25) is 10.0 Å². The van der Waals surface area contributed by atoms with E-state index in [1.54, 1.807) is 0 Å². The second-order valence-electron chi connectivity index (χ2n) is 4.85. The van der Waals surface area contributed by atoms with Gasteiger partial charge in [-0.05, 0) is 27.1 Å². The fourth-order valence-corrected chi connectivity index (χ4v) is 2.46. The van der Waals surface area contributed by atoms with Gasteiger partial charge in [0.05, 0.1) is 6.61 Å². The molecule has 1 aromatic rings. The summed E-state index contributed by atoms with van der Waals surface area (Å²) in [5, 5.41) is 8.67. The molecule has 7 heteroatoms. The van der Waals surface area contributed by atoms with Gasteiger partial charge in [-0.1, -0.05) is 11.8 Å². The van der Waals surface area contributed by atoms with Crippen LogP contribution in [0.15, 0.2) is 23.4 Å². The van der Waals surface area contributed by atoms with Crippen molar-refractivity contribution in [3.8, 4) is 11.8 Å². The molecule has 0 fully saturated rings. The lowest BCUT2D eigenvalue weighted by Crippen LogP contribution is -2.38. The summed E-state index contributed by atoms with van der Waals surface area (Å²) >= 11 is 0. The molecular weight excluding hydrogens is 290 g/mol. The summed E-state index contributed by atoms with van der Waals surface area (Å²) < 4.78 is 26.9. The van der Waals surface area contributed by atoms with Crippen LogP contribution in [-0.4, -0.2) is 56.7 Å². The van der Waals surface area contributed by atoms with Gasteiger partial charge in [0.15, 0.2) is 0 Å². The molecule has 0 saturated carbocycles.